The Hall–Kier alpha value is -0.300. The third-order valence-electron chi connectivity index (χ3n) is 1.64. The van der Waals surface area contributed by atoms with E-state index in [1.54, 1.807) is 12.1 Å². The lowest BCUT2D eigenvalue weighted by Gasteiger charge is -2.14. The molecule has 0 radical (unpaired) electrons. The normalized spacial score (nSPS) is 15.2. The maximum absolute atomic E-state index is 12.0. The van der Waals surface area contributed by atoms with E-state index in [4.69, 9.17) is 16.1 Å². The molecule has 0 spiro atoms. The van der Waals surface area contributed by atoms with Crippen molar-refractivity contribution in [1.82, 2.24) is 0 Å². The summed E-state index contributed by atoms with van der Waals surface area (Å²) in [5.74, 6) is 0. The van der Waals surface area contributed by atoms with Crippen molar-refractivity contribution < 1.29 is 9.09 Å². The Morgan fingerprint density at radius 2 is 2.00 bits per heavy atom. The lowest BCUT2D eigenvalue weighted by molar-refractivity contribution is 0.343. The van der Waals surface area contributed by atoms with Crippen LogP contribution in [-0.2, 0) is 9.09 Å². The molecule has 4 heteroatoms. The van der Waals surface area contributed by atoms with Crippen molar-refractivity contribution in [1.29, 1.82) is 0 Å². The molecule has 0 N–H and O–H groups in total. The van der Waals surface area contributed by atoms with Gasteiger partial charge in [0.25, 0.3) is 0 Å². The van der Waals surface area contributed by atoms with E-state index in [1.807, 2.05) is 25.1 Å². The first-order valence-electron chi connectivity index (χ1n) is 4.08. The summed E-state index contributed by atoms with van der Waals surface area (Å²) in [6.45, 7) is 2.22. The molecule has 72 valence electrons. The van der Waals surface area contributed by atoms with Gasteiger partial charge in [0, 0.05) is 5.30 Å². The highest BCUT2D eigenvalue weighted by atomic mass is 35.5. The number of hydrogen-bond acceptors (Lipinski definition) is 2. The number of alkyl halides is 1. The van der Waals surface area contributed by atoms with Crippen LogP contribution in [0.3, 0.4) is 0 Å². The maximum atomic E-state index is 12.0. The lowest BCUT2D eigenvalue weighted by Crippen LogP contribution is -2.07. The fourth-order valence-corrected chi connectivity index (χ4v) is 3.06. The Morgan fingerprint density at radius 3 is 2.46 bits per heavy atom. The number of rotatable bonds is 4. The van der Waals surface area contributed by atoms with Crippen LogP contribution < -0.4 is 5.30 Å². The monoisotopic (exact) mass is 218 g/mol. The predicted molar refractivity (Wildman–Crippen MR) is 56.0 cm³/mol. The molecule has 0 saturated heterocycles. The van der Waals surface area contributed by atoms with E-state index in [1.165, 1.54) is 0 Å². The highest BCUT2D eigenvalue weighted by Crippen LogP contribution is 2.46. The number of benzene rings is 1. The molecule has 1 rings (SSSR count). The van der Waals surface area contributed by atoms with E-state index in [9.17, 15) is 4.57 Å². The molecule has 1 unspecified atom stereocenters. The van der Waals surface area contributed by atoms with Crippen LogP contribution in [0, 0.1) is 0 Å². The van der Waals surface area contributed by atoms with Gasteiger partial charge in [-0.15, -0.1) is 11.6 Å². The smallest absolute Gasteiger partial charge is 0.246 e. The van der Waals surface area contributed by atoms with Crippen LogP contribution in [0.4, 0.5) is 0 Å². The molecule has 1 atom stereocenters. The summed E-state index contributed by atoms with van der Waals surface area (Å²) in [6, 6.07) is 9.08. The molecule has 2 nitrogen and oxygen atoms in total. The van der Waals surface area contributed by atoms with Crippen LogP contribution in [0.5, 0.6) is 0 Å². The zero-order valence-electron chi connectivity index (χ0n) is 7.44. The quantitative estimate of drug-likeness (QED) is 0.574. The summed E-state index contributed by atoms with van der Waals surface area (Å²) in [5, 5.41) is 0.687. The average molecular weight is 219 g/mol. The fourth-order valence-electron chi connectivity index (χ4n) is 1.04. The zero-order valence-corrected chi connectivity index (χ0v) is 9.09. The second kappa shape index (κ2) is 4.80. The van der Waals surface area contributed by atoms with Gasteiger partial charge in [-0.25, -0.2) is 0 Å². The Bertz CT molecular complexity index is 300. The summed E-state index contributed by atoms with van der Waals surface area (Å²) in [6.07, 6.45) is 0. The van der Waals surface area contributed by atoms with Gasteiger partial charge in [-0.1, -0.05) is 18.2 Å². The third-order valence-corrected chi connectivity index (χ3v) is 4.66. The fraction of sp³-hybridized carbons (Fsp3) is 0.333. The van der Waals surface area contributed by atoms with Crippen molar-refractivity contribution in [3.05, 3.63) is 30.3 Å². The van der Waals surface area contributed by atoms with Gasteiger partial charge in [0.2, 0.25) is 7.37 Å². The SMILES string of the molecule is CCOP(=O)(CCl)c1ccccc1. The maximum Gasteiger partial charge on any atom is 0.246 e. The average Bonchev–Trinajstić information content (AvgIpc) is 2.19. The minimum absolute atomic E-state index is 0.0326. The molecule has 0 aromatic heterocycles. The van der Waals surface area contributed by atoms with Gasteiger partial charge in [0.1, 0.15) is 5.62 Å². The number of hydrogen-bond donors (Lipinski definition) is 0. The molecule has 0 fully saturated rings. The van der Waals surface area contributed by atoms with Gasteiger partial charge in [0.05, 0.1) is 6.61 Å². The lowest BCUT2D eigenvalue weighted by atomic mass is 10.4. The van der Waals surface area contributed by atoms with Crippen LogP contribution in [-0.4, -0.2) is 12.2 Å². The molecule has 13 heavy (non-hydrogen) atoms. The van der Waals surface area contributed by atoms with E-state index in [0.717, 1.165) is 0 Å². The van der Waals surface area contributed by atoms with Crippen molar-refractivity contribution >= 4 is 24.3 Å². The molecule has 1 aromatic carbocycles. The van der Waals surface area contributed by atoms with Gasteiger partial charge in [0.15, 0.2) is 0 Å². The van der Waals surface area contributed by atoms with Crippen molar-refractivity contribution in [2.75, 3.05) is 12.2 Å². The summed E-state index contributed by atoms with van der Waals surface area (Å²) in [4.78, 5) is 0. The van der Waals surface area contributed by atoms with Crippen LogP contribution in [0.1, 0.15) is 6.92 Å². The van der Waals surface area contributed by atoms with E-state index in [2.05, 4.69) is 0 Å². The Labute approximate surface area is 83.3 Å². The molecular weight excluding hydrogens is 207 g/mol. The van der Waals surface area contributed by atoms with Crippen molar-refractivity contribution in [2.24, 2.45) is 0 Å². The zero-order chi connectivity index (χ0) is 9.73. The van der Waals surface area contributed by atoms with E-state index in [0.29, 0.717) is 11.9 Å². The van der Waals surface area contributed by atoms with Crippen LogP contribution in [0.2, 0.25) is 0 Å². The first kappa shape index (κ1) is 10.8. The largest absolute Gasteiger partial charge is 0.325 e. The molecule has 0 aliphatic carbocycles. The summed E-state index contributed by atoms with van der Waals surface area (Å²) in [5.41, 5.74) is 0.0326. The predicted octanol–water partition coefficient (Wildman–Crippen LogP) is 2.82. The minimum Gasteiger partial charge on any atom is -0.325 e. The Morgan fingerprint density at radius 1 is 1.38 bits per heavy atom. The molecule has 0 bridgehead atoms. The molecule has 0 aliphatic heterocycles. The summed E-state index contributed by atoms with van der Waals surface area (Å²) >= 11 is 5.63. The molecular formula is C9H12ClO2P. The summed E-state index contributed by atoms with van der Waals surface area (Å²) < 4.78 is 17.2. The highest BCUT2D eigenvalue weighted by molar-refractivity contribution is 7.68. The van der Waals surface area contributed by atoms with Gasteiger partial charge in [-0.05, 0) is 19.1 Å². The standard InChI is InChI=1S/C9H12ClO2P/c1-2-12-13(11,8-10)9-6-4-3-5-7-9/h3-7H,2,8H2,1H3. The van der Waals surface area contributed by atoms with Gasteiger partial charge >= 0.3 is 0 Å². The minimum atomic E-state index is -2.79. The topological polar surface area (TPSA) is 26.3 Å². The molecule has 0 heterocycles. The molecule has 0 amide bonds. The van der Waals surface area contributed by atoms with E-state index >= 15 is 0 Å². The Kier molecular flexibility index (Phi) is 3.98. The van der Waals surface area contributed by atoms with Gasteiger partial charge in [-0.3, -0.25) is 4.57 Å². The molecule has 0 aliphatic rings. The van der Waals surface area contributed by atoms with Crippen molar-refractivity contribution in [2.45, 2.75) is 6.92 Å². The first-order chi connectivity index (χ1) is 6.23. The molecule has 1 aromatic rings. The summed E-state index contributed by atoms with van der Waals surface area (Å²) in [7, 11) is -2.79. The third kappa shape index (κ3) is 2.57. The Balaban J connectivity index is 2.96. The number of halogens is 1. The van der Waals surface area contributed by atoms with Crippen LogP contribution in [0.15, 0.2) is 30.3 Å². The second-order valence-electron chi connectivity index (χ2n) is 2.55. The van der Waals surface area contributed by atoms with E-state index in [-0.39, 0.29) is 5.62 Å². The van der Waals surface area contributed by atoms with Crippen LogP contribution >= 0.6 is 19.0 Å². The van der Waals surface area contributed by atoms with Crippen molar-refractivity contribution in [3.8, 4) is 0 Å². The molecule has 0 saturated carbocycles. The second-order valence-corrected chi connectivity index (χ2v) is 5.62. The van der Waals surface area contributed by atoms with Crippen LogP contribution in [0.25, 0.3) is 0 Å². The highest BCUT2D eigenvalue weighted by Gasteiger charge is 2.23. The first-order valence-corrected chi connectivity index (χ1v) is 6.42. The van der Waals surface area contributed by atoms with Crippen molar-refractivity contribution in [3.63, 3.8) is 0 Å². The van der Waals surface area contributed by atoms with Gasteiger partial charge < -0.3 is 4.52 Å². The van der Waals surface area contributed by atoms with E-state index < -0.39 is 7.37 Å². The van der Waals surface area contributed by atoms with Gasteiger partial charge in [-0.2, -0.15) is 0 Å².